The second-order valence-electron chi connectivity index (χ2n) is 8.54. The first-order valence-electron chi connectivity index (χ1n) is 8.96. The number of allylic oxidation sites excluding steroid dienone is 2. The van der Waals surface area contributed by atoms with E-state index in [0.717, 1.165) is 29.6 Å². The van der Waals surface area contributed by atoms with Gasteiger partial charge in [0.1, 0.15) is 5.75 Å². The zero-order valence-electron chi connectivity index (χ0n) is 12.9. The van der Waals surface area contributed by atoms with E-state index in [0.29, 0.717) is 11.2 Å². The quantitative estimate of drug-likeness (QED) is 0.796. The minimum absolute atomic E-state index is 0.377. The van der Waals surface area contributed by atoms with E-state index in [1.165, 1.54) is 38.0 Å². The summed E-state index contributed by atoms with van der Waals surface area (Å²) in [5, 5.41) is 9.52. The number of phenolic OH excluding ortho intramolecular Hbond substituents is 1. The van der Waals surface area contributed by atoms with Crippen LogP contribution in [0.5, 0.6) is 5.75 Å². The average Bonchev–Trinajstić information content (AvgIpc) is 3.19. The minimum Gasteiger partial charge on any atom is -0.508 e. The Balaban J connectivity index is 1.37. The normalized spacial score (nSPS) is 47.0. The smallest absolute Gasteiger partial charge is 0.115 e. The molecule has 6 rings (SSSR count). The predicted octanol–water partition coefficient (Wildman–Crippen LogP) is 3.82. The van der Waals surface area contributed by atoms with Gasteiger partial charge in [0.2, 0.25) is 0 Å². The minimum atomic E-state index is 0.377. The predicted molar refractivity (Wildman–Crippen MR) is 86.8 cm³/mol. The number of aromatic hydroxyl groups is 1. The molecule has 1 saturated heterocycles. The van der Waals surface area contributed by atoms with Crippen LogP contribution in [0.3, 0.4) is 0 Å². The second-order valence-corrected chi connectivity index (χ2v) is 8.54. The standard InChI is InChI=1S/C20H23NO/c22-14-4-2-13(3-5-14)21-10-17-16-9-20(19(17)11-21)8-12-1-6-15(16)18(20)7-12/h1-5,15-19,22H,6-11H2. The van der Waals surface area contributed by atoms with Crippen molar-refractivity contribution in [3.8, 4) is 5.75 Å². The van der Waals surface area contributed by atoms with Crippen molar-refractivity contribution in [1.82, 2.24) is 0 Å². The molecule has 3 saturated carbocycles. The molecule has 1 heterocycles. The van der Waals surface area contributed by atoms with Crippen LogP contribution in [0.25, 0.3) is 0 Å². The lowest BCUT2D eigenvalue weighted by Gasteiger charge is -2.41. The molecule has 6 atom stereocenters. The molecule has 22 heavy (non-hydrogen) atoms. The molecule has 6 unspecified atom stereocenters. The average molecular weight is 293 g/mol. The Morgan fingerprint density at radius 3 is 2.73 bits per heavy atom. The fraction of sp³-hybridized carbons (Fsp3) is 0.600. The first-order valence-corrected chi connectivity index (χ1v) is 8.96. The zero-order valence-corrected chi connectivity index (χ0v) is 12.9. The maximum absolute atomic E-state index is 9.52. The molecular weight excluding hydrogens is 270 g/mol. The maximum Gasteiger partial charge on any atom is 0.115 e. The van der Waals surface area contributed by atoms with E-state index in [-0.39, 0.29) is 0 Å². The molecule has 1 spiro atoms. The van der Waals surface area contributed by atoms with Gasteiger partial charge >= 0.3 is 0 Å². The molecule has 0 amide bonds. The third-order valence-corrected chi connectivity index (χ3v) is 8.01. The van der Waals surface area contributed by atoms with Gasteiger partial charge in [0.25, 0.3) is 0 Å². The molecule has 4 aliphatic carbocycles. The van der Waals surface area contributed by atoms with E-state index in [1.807, 2.05) is 12.1 Å². The molecular formula is C20H23NO. The van der Waals surface area contributed by atoms with E-state index in [4.69, 9.17) is 0 Å². The summed E-state index contributed by atoms with van der Waals surface area (Å²) in [6.07, 6.45) is 8.39. The van der Waals surface area contributed by atoms with Crippen molar-refractivity contribution in [2.75, 3.05) is 18.0 Å². The number of rotatable bonds is 1. The number of phenols is 1. The molecule has 2 heteroatoms. The molecule has 0 aromatic heterocycles. The Hall–Kier alpha value is -1.44. The summed E-state index contributed by atoms with van der Waals surface area (Å²) in [6, 6.07) is 7.86. The fourth-order valence-corrected chi connectivity index (χ4v) is 7.37. The number of benzene rings is 1. The topological polar surface area (TPSA) is 23.5 Å². The van der Waals surface area contributed by atoms with Gasteiger partial charge in [-0.3, -0.25) is 0 Å². The Morgan fingerprint density at radius 2 is 1.86 bits per heavy atom. The van der Waals surface area contributed by atoms with Gasteiger partial charge in [-0.05, 0) is 85.0 Å². The van der Waals surface area contributed by atoms with Crippen LogP contribution in [0, 0.1) is 35.0 Å². The lowest BCUT2D eigenvalue weighted by atomic mass is 9.63. The van der Waals surface area contributed by atoms with Gasteiger partial charge in [0.15, 0.2) is 0 Å². The SMILES string of the molecule is Oc1ccc(N2CC3C4CC5(CC6=CCC4C5C6)C3C2)cc1. The molecule has 1 N–H and O–H groups in total. The van der Waals surface area contributed by atoms with Gasteiger partial charge in [-0.25, -0.2) is 0 Å². The third-order valence-electron chi connectivity index (χ3n) is 8.01. The van der Waals surface area contributed by atoms with Gasteiger partial charge in [-0.15, -0.1) is 0 Å². The molecule has 114 valence electrons. The Bertz CT molecular complexity index is 677. The first kappa shape index (κ1) is 12.0. The van der Waals surface area contributed by atoms with Crippen molar-refractivity contribution in [3.63, 3.8) is 0 Å². The Labute approximate surface area is 131 Å². The summed E-state index contributed by atoms with van der Waals surface area (Å²) >= 11 is 0. The van der Waals surface area contributed by atoms with Crippen molar-refractivity contribution in [1.29, 1.82) is 0 Å². The second kappa shape index (κ2) is 3.72. The summed E-state index contributed by atoms with van der Waals surface area (Å²) in [5.74, 6) is 5.26. The van der Waals surface area contributed by atoms with Crippen molar-refractivity contribution in [2.24, 2.45) is 35.0 Å². The van der Waals surface area contributed by atoms with E-state index < -0.39 is 0 Å². The summed E-state index contributed by atoms with van der Waals surface area (Å²) < 4.78 is 0. The number of hydrogen-bond donors (Lipinski definition) is 1. The highest BCUT2D eigenvalue weighted by atomic mass is 16.3. The van der Waals surface area contributed by atoms with Crippen LogP contribution in [-0.2, 0) is 0 Å². The van der Waals surface area contributed by atoms with Crippen LogP contribution in [0.1, 0.15) is 25.7 Å². The largest absolute Gasteiger partial charge is 0.508 e. The first-order chi connectivity index (χ1) is 10.7. The highest BCUT2D eigenvalue weighted by Crippen LogP contribution is 2.75. The van der Waals surface area contributed by atoms with Crippen LogP contribution >= 0.6 is 0 Å². The fourth-order valence-electron chi connectivity index (χ4n) is 7.37. The summed E-state index contributed by atoms with van der Waals surface area (Å²) in [5.41, 5.74) is 3.78. The zero-order chi connectivity index (χ0) is 14.5. The maximum atomic E-state index is 9.52. The van der Waals surface area contributed by atoms with Crippen LogP contribution in [0.2, 0.25) is 0 Å². The van der Waals surface area contributed by atoms with Crippen molar-refractivity contribution >= 4 is 5.69 Å². The summed E-state index contributed by atoms with van der Waals surface area (Å²) in [6.45, 7) is 2.50. The monoisotopic (exact) mass is 293 g/mol. The molecule has 0 radical (unpaired) electrons. The molecule has 1 aromatic carbocycles. The van der Waals surface area contributed by atoms with Crippen molar-refractivity contribution < 1.29 is 5.11 Å². The molecule has 1 aromatic rings. The van der Waals surface area contributed by atoms with Crippen LogP contribution in [-0.4, -0.2) is 18.2 Å². The lowest BCUT2D eigenvalue weighted by Crippen LogP contribution is -2.38. The summed E-state index contributed by atoms with van der Waals surface area (Å²) in [7, 11) is 0. The number of hydrogen-bond acceptors (Lipinski definition) is 2. The van der Waals surface area contributed by atoms with Gasteiger partial charge in [-0.2, -0.15) is 0 Å². The highest BCUT2D eigenvalue weighted by Gasteiger charge is 2.70. The Morgan fingerprint density at radius 1 is 1.00 bits per heavy atom. The van der Waals surface area contributed by atoms with Gasteiger partial charge < -0.3 is 10.0 Å². The summed E-state index contributed by atoms with van der Waals surface area (Å²) in [4.78, 5) is 2.60. The van der Waals surface area contributed by atoms with Crippen molar-refractivity contribution in [3.05, 3.63) is 35.9 Å². The third kappa shape index (κ3) is 1.25. The number of anilines is 1. The van der Waals surface area contributed by atoms with Crippen molar-refractivity contribution in [2.45, 2.75) is 25.7 Å². The van der Waals surface area contributed by atoms with Gasteiger partial charge in [0, 0.05) is 18.8 Å². The lowest BCUT2D eigenvalue weighted by molar-refractivity contribution is 0.0728. The van der Waals surface area contributed by atoms with E-state index in [1.54, 1.807) is 12.0 Å². The van der Waals surface area contributed by atoms with E-state index in [9.17, 15) is 5.11 Å². The molecule has 4 bridgehead atoms. The molecule has 1 aliphatic heterocycles. The number of fused-ring (bicyclic) bond motifs is 5. The van der Waals surface area contributed by atoms with Crippen LogP contribution < -0.4 is 4.90 Å². The highest BCUT2D eigenvalue weighted by molar-refractivity contribution is 5.51. The van der Waals surface area contributed by atoms with Crippen LogP contribution in [0.4, 0.5) is 5.69 Å². The van der Waals surface area contributed by atoms with Gasteiger partial charge in [-0.1, -0.05) is 11.6 Å². The van der Waals surface area contributed by atoms with Gasteiger partial charge in [0.05, 0.1) is 0 Å². The Kier molecular flexibility index (Phi) is 2.04. The van der Waals surface area contributed by atoms with E-state index in [2.05, 4.69) is 23.1 Å². The number of nitrogens with zero attached hydrogens (tertiary/aromatic N) is 1. The van der Waals surface area contributed by atoms with Crippen LogP contribution in [0.15, 0.2) is 35.9 Å². The molecule has 5 aliphatic rings. The molecule has 4 fully saturated rings. The molecule has 2 nitrogen and oxygen atoms in total. The van der Waals surface area contributed by atoms with E-state index >= 15 is 0 Å².